The van der Waals surface area contributed by atoms with Crippen LogP contribution < -0.4 is 4.74 Å². The van der Waals surface area contributed by atoms with Gasteiger partial charge in [-0.05, 0) is 32.0 Å². The highest BCUT2D eigenvalue weighted by Crippen LogP contribution is 2.37. The van der Waals surface area contributed by atoms with Gasteiger partial charge in [0.25, 0.3) is 0 Å². The summed E-state index contributed by atoms with van der Waals surface area (Å²) in [6.07, 6.45) is 3.30. The molecule has 0 saturated heterocycles. The number of rotatable bonds is 3. The summed E-state index contributed by atoms with van der Waals surface area (Å²) >= 11 is 0. The normalized spacial score (nSPS) is 23.0. The van der Waals surface area contributed by atoms with Gasteiger partial charge in [0.2, 0.25) is 0 Å². The molecule has 152 valence electrons. The van der Waals surface area contributed by atoms with E-state index >= 15 is 0 Å². The fraction of sp³-hybridized carbons (Fsp3) is 0.350. The van der Waals surface area contributed by atoms with Crippen LogP contribution in [-0.2, 0) is 20.4 Å². The van der Waals surface area contributed by atoms with E-state index in [0.29, 0.717) is 33.3 Å². The van der Waals surface area contributed by atoms with Crippen molar-refractivity contribution in [3.8, 4) is 5.75 Å². The van der Waals surface area contributed by atoms with Gasteiger partial charge in [0.15, 0.2) is 17.4 Å². The van der Waals surface area contributed by atoms with Crippen molar-refractivity contribution in [1.82, 2.24) is 0 Å². The molecule has 7 nitrogen and oxygen atoms in total. The SMILES string of the molecule is COc1ccc(S(C)=O)cc1C1=NC2=C3C=NC(C)(C)C(=O)C3CC(=O)C2=N1.Cl. The average molecular weight is 434 g/mol. The molecule has 9 heteroatoms. The maximum Gasteiger partial charge on any atom is 0.184 e. The summed E-state index contributed by atoms with van der Waals surface area (Å²) in [7, 11) is 0.333. The van der Waals surface area contributed by atoms with Crippen molar-refractivity contribution >= 4 is 52.5 Å². The Labute approximate surface area is 176 Å². The minimum atomic E-state index is -1.19. The highest BCUT2D eigenvalue weighted by molar-refractivity contribution is 7.84. The van der Waals surface area contributed by atoms with Gasteiger partial charge in [-0.25, -0.2) is 9.98 Å². The third kappa shape index (κ3) is 3.40. The van der Waals surface area contributed by atoms with Gasteiger partial charge in [-0.3, -0.25) is 18.8 Å². The quantitative estimate of drug-likeness (QED) is 0.730. The fourth-order valence-corrected chi connectivity index (χ4v) is 4.11. The number of carbonyl (C=O) groups is 2. The lowest BCUT2D eigenvalue weighted by Crippen LogP contribution is -2.44. The first-order valence-electron chi connectivity index (χ1n) is 8.79. The van der Waals surface area contributed by atoms with Crippen LogP contribution in [0.15, 0.2) is 49.3 Å². The first-order chi connectivity index (χ1) is 13.2. The van der Waals surface area contributed by atoms with E-state index in [2.05, 4.69) is 15.0 Å². The monoisotopic (exact) mass is 433 g/mol. The molecule has 0 aromatic heterocycles. The van der Waals surface area contributed by atoms with Crippen molar-refractivity contribution in [2.24, 2.45) is 20.9 Å². The number of hydrogen-bond acceptors (Lipinski definition) is 7. The van der Waals surface area contributed by atoms with Gasteiger partial charge < -0.3 is 4.74 Å². The molecular weight excluding hydrogens is 414 g/mol. The summed E-state index contributed by atoms with van der Waals surface area (Å²) in [6, 6.07) is 5.12. The number of carbonyl (C=O) groups excluding carboxylic acids is 2. The van der Waals surface area contributed by atoms with Crippen LogP contribution >= 0.6 is 12.4 Å². The van der Waals surface area contributed by atoms with E-state index in [1.54, 1.807) is 44.5 Å². The molecule has 2 atom stereocenters. The Balaban J connectivity index is 0.00000240. The fourth-order valence-electron chi connectivity index (χ4n) is 3.56. The highest BCUT2D eigenvalue weighted by Gasteiger charge is 2.45. The van der Waals surface area contributed by atoms with E-state index in [4.69, 9.17) is 4.74 Å². The number of hydrogen-bond donors (Lipinski definition) is 0. The lowest BCUT2D eigenvalue weighted by molar-refractivity contribution is -0.128. The predicted molar refractivity (Wildman–Crippen MR) is 114 cm³/mol. The zero-order chi connectivity index (χ0) is 20.2. The molecule has 0 amide bonds. The molecular formula is C20H20ClN3O4S. The van der Waals surface area contributed by atoms with Gasteiger partial charge in [0.1, 0.15) is 22.7 Å². The van der Waals surface area contributed by atoms with E-state index in [9.17, 15) is 13.8 Å². The van der Waals surface area contributed by atoms with Crippen LogP contribution in [0.25, 0.3) is 0 Å². The van der Waals surface area contributed by atoms with E-state index < -0.39 is 22.3 Å². The first kappa shape index (κ1) is 21.3. The number of ether oxygens (including phenoxy) is 1. The van der Waals surface area contributed by atoms with E-state index in [-0.39, 0.29) is 36.1 Å². The molecule has 3 aliphatic rings. The number of amidine groups is 1. The Morgan fingerprint density at radius 1 is 1.21 bits per heavy atom. The topological polar surface area (TPSA) is 97.5 Å². The molecule has 0 spiro atoms. The third-order valence-corrected chi connectivity index (χ3v) is 6.07. The number of nitrogens with zero attached hydrogens (tertiary/aromatic N) is 3. The zero-order valence-corrected chi connectivity index (χ0v) is 18.0. The van der Waals surface area contributed by atoms with E-state index in [1.807, 2.05) is 0 Å². The minimum Gasteiger partial charge on any atom is -0.496 e. The number of benzene rings is 1. The molecule has 2 aliphatic heterocycles. The van der Waals surface area contributed by atoms with Gasteiger partial charge in [0.05, 0.1) is 18.6 Å². The van der Waals surface area contributed by atoms with Crippen LogP contribution in [0.4, 0.5) is 0 Å². The molecule has 2 heterocycles. The molecule has 1 aromatic carbocycles. The smallest absolute Gasteiger partial charge is 0.184 e. The van der Waals surface area contributed by atoms with Crippen LogP contribution in [0.2, 0.25) is 0 Å². The number of fused-ring (bicyclic) bond motifs is 2. The van der Waals surface area contributed by atoms with Crippen molar-refractivity contribution < 1.29 is 18.5 Å². The Bertz CT molecular complexity index is 1090. The Morgan fingerprint density at radius 2 is 1.93 bits per heavy atom. The molecule has 0 fully saturated rings. The summed E-state index contributed by atoms with van der Waals surface area (Å²) in [5.41, 5.74) is 0.970. The molecule has 1 aromatic rings. The Kier molecular flexibility index (Phi) is 5.44. The lowest BCUT2D eigenvalue weighted by Gasteiger charge is -2.32. The predicted octanol–water partition coefficient (Wildman–Crippen LogP) is 2.33. The van der Waals surface area contributed by atoms with Crippen LogP contribution in [0.5, 0.6) is 5.75 Å². The lowest BCUT2D eigenvalue weighted by atomic mass is 9.74. The second-order valence-electron chi connectivity index (χ2n) is 7.38. The highest BCUT2D eigenvalue weighted by atomic mass is 35.5. The van der Waals surface area contributed by atoms with Crippen LogP contribution in [0, 0.1) is 5.92 Å². The second kappa shape index (κ2) is 7.42. The van der Waals surface area contributed by atoms with Crippen molar-refractivity contribution in [2.45, 2.75) is 30.7 Å². The number of ketones is 2. The molecule has 0 saturated carbocycles. The van der Waals surface area contributed by atoms with Crippen molar-refractivity contribution in [3.05, 3.63) is 35.0 Å². The summed E-state index contributed by atoms with van der Waals surface area (Å²) in [5, 5.41) is 0. The van der Waals surface area contributed by atoms with Crippen LogP contribution in [0.1, 0.15) is 25.8 Å². The van der Waals surface area contributed by atoms with Gasteiger partial charge in [-0.1, -0.05) is 0 Å². The Morgan fingerprint density at radius 3 is 2.59 bits per heavy atom. The van der Waals surface area contributed by atoms with Crippen molar-refractivity contribution in [3.63, 3.8) is 0 Å². The summed E-state index contributed by atoms with van der Waals surface area (Å²) in [4.78, 5) is 39.4. The summed E-state index contributed by atoms with van der Waals surface area (Å²) in [6.45, 7) is 3.48. The molecule has 0 bridgehead atoms. The third-order valence-electron chi connectivity index (χ3n) is 5.15. The van der Waals surface area contributed by atoms with Crippen LogP contribution in [-0.4, -0.2) is 52.4 Å². The zero-order valence-electron chi connectivity index (χ0n) is 16.4. The van der Waals surface area contributed by atoms with Crippen molar-refractivity contribution in [2.75, 3.05) is 13.4 Å². The average Bonchev–Trinajstić information content (AvgIpc) is 3.11. The standard InChI is InChI=1S/C20H19N3O4S.ClH/c1-20(2)18(25)11-8-14(24)17-16(13(11)9-21-20)22-19(23-17)12-7-10(28(4)26)5-6-15(12)27-3;/h5-7,9,11H,8H2,1-4H3;1H. The van der Waals surface area contributed by atoms with Gasteiger partial charge in [-0.15, -0.1) is 12.4 Å². The minimum absolute atomic E-state index is 0. The van der Waals surface area contributed by atoms with Crippen molar-refractivity contribution in [1.29, 1.82) is 0 Å². The maximum absolute atomic E-state index is 12.7. The number of halogens is 1. The number of Topliss-reactive ketones (excluding diaryl/α,β-unsaturated/α-hetero) is 2. The first-order valence-corrected chi connectivity index (χ1v) is 10.3. The van der Waals surface area contributed by atoms with Gasteiger partial charge in [-0.2, -0.15) is 0 Å². The van der Waals surface area contributed by atoms with E-state index in [1.165, 1.54) is 7.11 Å². The largest absolute Gasteiger partial charge is 0.496 e. The molecule has 0 N–H and O–H groups in total. The molecule has 2 unspecified atom stereocenters. The number of allylic oxidation sites excluding steroid dienone is 2. The molecule has 4 rings (SSSR count). The van der Waals surface area contributed by atoms with Gasteiger partial charge in [0, 0.05) is 40.2 Å². The molecule has 0 radical (unpaired) electrons. The molecule has 29 heavy (non-hydrogen) atoms. The maximum atomic E-state index is 12.7. The van der Waals surface area contributed by atoms with Crippen LogP contribution in [0.3, 0.4) is 0 Å². The van der Waals surface area contributed by atoms with Gasteiger partial charge >= 0.3 is 0 Å². The summed E-state index contributed by atoms with van der Waals surface area (Å²) < 4.78 is 17.3. The summed E-state index contributed by atoms with van der Waals surface area (Å²) in [5.74, 6) is -0.0273. The number of methoxy groups -OCH3 is 1. The Hall–Kier alpha value is -2.45. The second-order valence-corrected chi connectivity index (χ2v) is 8.76. The molecule has 1 aliphatic carbocycles. The van der Waals surface area contributed by atoms with E-state index in [0.717, 1.165) is 0 Å². The number of aliphatic imine (C=N–C) groups is 3.